The maximum absolute atomic E-state index is 12.7. The molecule has 0 radical (unpaired) electrons. The number of anilines is 1. The molecule has 1 N–H and O–H groups in total. The van der Waals surface area contributed by atoms with Crippen molar-refractivity contribution in [2.45, 2.75) is 26.4 Å². The Labute approximate surface area is 164 Å². The Morgan fingerprint density at radius 3 is 2.70 bits per heavy atom. The summed E-state index contributed by atoms with van der Waals surface area (Å²) in [5.74, 6) is 1.34. The molecule has 1 atom stereocenters. The Morgan fingerprint density at radius 1 is 1.33 bits per heavy atom. The lowest BCUT2D eigenvalue weighted by molar-refractivity contribution is -0.121. The first-order valence-corrected chi connectivity index (χ1v) is 9.37. The van der Waals surface area contributed by atoms with Crippen LogP contribution >= 0.6 is 11.6 Å². The number of nitrogens with zero attached hydrogens (tertiary/aromatic N) is 3. The van der Waals surface area contributed by atoms with Crippen molar-refractivity contribution in [1.29, 1.82) is 0 Å². The fourth-order valence-electron chi connectivity index (χ4n) is 3.21. The lowest BCUT2D eigenvalue weighted by Gasteiger charge is -2.37. The van der Waals surface area contributed by atoms with Crippen LogP contribution in [0.4, 0.5) is 5.69 Å². The molecule has 1 fully saturated rings. The van der Waals surface area contributed by atoms with E-state index in [0.717, 1.165) is 44.2 Å². The van der Waals surface area contributed by atoms with Crippen LogP contribution in [0.2, 0.25) is 5.02 Å². The molecule has 146 valence electrons. The molecule has 0 spiro atoms. The van der Waals surface area contributed by atoms with Crippen molar-refractivity contribution in [3.8, 4) is 5.75 Å². The third-order valence-corrected chi connectivity index (χ3v) is 5.05. The van der Waals surface area contributed by atoms with E-state index in [1.807, 2.05) is 19.9 Å². The number of methoxy groups -OCH3 is 1. The van der Waals surface area contributed by atoms with Crippen LogP contribution in [-0.4, -0.2) is 60.2 Å². The smallest absolute Gasteiger partial charge is 0.241 e. The Hall–Kier alpha value is -2.09. The van der Waals surface area contributed by atoms with Crippen molar-refractivity contribution in [3.05, 3.63) is 40.7 Å². The molecule has 0 unspecified atom stereocenters. The monoisotopic (exact) mass is 392 g/mol. The minimum Gasteiger partial charge on any atom is -0.495 e. The van der Waals surface area contributed by atoms with Gasteiger partial charge in [0.25, 0.3) is 0 Å². The van der Waals surface area contributed by atoms with Crippen LogP contribution in [-0.2, 0) is 11.3 Å². The van der Waals surface area contributed by atoms with E-state index in [9.17, 15) is 4.79 Å². The summed E-state index contributed by atoms with van der Waals surface area (Å²) < 4.78 is 10.4. The quantitative estimate of drug-likeness (QED) is 0.815. The first-order valence-electron chi connectivity index (χ1n) is 8.99. The van der Waals surface area contributed by atoms with Gasteiger partial charge < -0.3 is 14.6 Å². The Morgan fingerprint density at radius 2 is 2.07 bits per heavy atom. The first-order chi connectivity index (χ1) is 13.0. The highest BCUT2D eigenvalue weighted by Crippen LogP contribution is 2.28. The van der Waals surface area contributed by atoms with Gasteiger partial charge in [-0.05, 0) is 32.0 Å². The zero-order valence-electron chi connectivity index (χ0n) is 15.9. The third-order valence-electron chi connectivity index (χ3n) is 4.82. The van der Waals surface area contributed by atoms with Crippen molar-refractivity contribution in [2.24, 2.45) is 0 Å². The fourth-order valence-corrected chi connectivity index (χ4v) is 3.38. The molecule has 0 aliphatic carbocycles. The van der Waals surface area contributed by atoms with Gasteiger partial charge in [0.05, 0.1) is 24.5 Å². The van der Waals surface area contributed by atoms with Gasteiger partial charge in [-0.1, -0.05) is 16.8 Å². The summed E-state index contributed by atoms with van der Waals surface area (Å²) in [5.41, 5.74) is 1.53. The van der Waals surface area contributed by atoms with Gasteiger partial charge in [-0.3, -0.25) is 14.6 Å². The summed E-state index contributed by atoms with van der Waals surface area (Å²) in [6.45, 7) is 7.97. The van der Waals surface area contributed by atoms with Gasteiger partial charge in [-0.15, -0.1) is 0 Å². The first kappa shape index (κ1) is 19.7. The van der Waals surface area contributed by atoms with E-state index >= 15 is 0 Å². The SMILES string of the molecule is COc1ccc(Cl)cc1NC(=O)[C@@H](C)N1CCN(Cc2cc(C)on2)CC1. The van der Waals surface area contributed by atoms with Crippen LogP contribution in [0.1, 0.15) is 18.4 Å². The highest BCUT2D eigenvalue weighted by atomic mass is 35.5. The summed E-state index contributed by atoms with van der Waals surface area (Å²) >= 11 is 6.03. The van der Waals surface area contributed by atoms with E-state index < -0.39 is 0 Å². The van der Waals surface area contributed by atoms with E-state index in [2.05, 4.69) is 20.3 Å². The number of rotatable bonds is 6. The number of carbonyl (C=O) groups is 1. The largest absolute Gasteiger partial charge is 0.495 e. The van der Waals surface area contributed by atoms with E-state index in [0.29, 0.717) is 16.5 Å². The number of amides is 1. The summed E-state index contributed by atoms with van der Waals surface area (Å²) in [4.78, 5) is 17.2. The second-order valence-electron chi connectivity index (χ2n) is 6.75. The zero-order valence-corrected chi connectivity index (χ0v) is 16.6. The number of aryl methyl sites for hydroxylation is 1. The van der Waals surface area contributed by atoms with Crippen LogP contribution in [0.3, 0.4) is 0 Å². The molecule has 1 aliphatic heterocycles. The van der Waals surface area contributed by atoms with Crippen LogP contribution in [0.15, 0.2) is 28.8 Å². The van der Waals surface area contributed by atoms with Gasteiger partial charge in [0.15, 0.2) is 0 Å². The van der Waals surface area contributed by atoms with Crippen molar-refractivity contribution in [2.75, 3.05) is 38.6 Å². The van der Waals surface area contributed by atoms with Crippen molar-refractivity contribution < 1.29 is 14.1 Å². The lowest BCUT2D eigenvalue weighted by Crippen LogP contribution is -2.52. The molecule has 8 heteroatoms. The number of hydrogen-bond donors (Lipinski definition) is 1. The molecule has 1 amide bonds. The fraction of sp³-hybridized carbons (Fsp3) is 0.474. The topological polar surface area (TPSA) is 70.8 Å². The molecule has 1 aromatic heterocycles. The van der Waals surface area contributed by atoms with Crippen LogP contribution in [0, 0.1) is 6.92 Å². The van der Waals surface area contributed by atoms with Crippen LogP contribution in [0.5, 0.6) is 5.75 Å². The molecule has 27 heavy (non-hydrogen) atoms. The van der Waals surface area contributed by atoms with Crippen LogP contribution in [0.25, 0.3) is 0 Å². The van der Waals surface area contributed by atoms with E-state index in [1.54, 1.807) is 25.3 Å². The molecule has 1 aromatic carbocycles. The molecule has 2 aromatic rings. The maximum atomic E-state index is 12.7. The Bertz CT molecular complexity index is 787. The van der Waals surface area contributed by atoms with Gasteiger partial charge in [0.1, 0.15) is 11.5 Å². The van der Waals surface area contributed by atoms with Gasteiger partial charge >= 0.3 is 0 Å². The minimum absolute atomic E-state index is 0.0730. The lowest BCUT2D eigenvalue weighted by atomic mass is 10.2. The second-order valence-corrected chi connectivity index (χ2v) is 7.19. The van der Waals surface area contributed by atoms with E-state index in [-0.39, 0.29) is 11.9 Å². The average molecular weight is 393 g/mol. The summed E-state index contributed by atoms with van der Waals surface area (Å²) in [6, 6.07) is 6.89. The maximum Gasteiger partial charge on any atom is 0.241 e. The van der Waals surface area contributed by atoms with Gasteiger partial charge in [0, 0.05) is 43.8 Å². The van der Waals surface area contributed by atoms with E-state index in [4.69, 9.17) is 20.9 Å². The molecule has 1 saturated heterocycles. The number of nitrogens with one attached hydrogen (secondary N) is 1. The number of aromatic nitrogens is 1. The summed E-state index contributed by atoms with van der Waals surface area (Å²) in [7, 11) is 1.57. The molecular weight excluding hydrogens is 368 g/mol. The Balaban J connectivity index is 1.53. The molecule has 2 heterocycles. The number of benzene rings is 1. The van der Waals surface area contributed by atoms with Gasteiger partial charge in [-0.25, -0.2) is 0 Å². The molecule has 0 saturated carbocycles. The summed E-state index contributed by atoms with van der Waals surface area (Å²) in [6.07, 6.45) is 0. The zero-order chi connectivity index (χ0) is 19.4. The van der Waals surface area contributed by atoms with E-state index in [1.165, 1.54) is 0 Å². The molecule has 7 nitrogen and oxygen atoms in total. The van der Waals surface area contributed by atoms with Gasteiger partial charge in [0.2, 0.25) is 5.91 Å². The highest BCUT2D eigenvalue weighted by Gasteiger charge is 2.26. The molecule has 1 aliphatic rings. The number of piperazine rings is 1. The predicted octanol–water partition coefficient (Wildman–Crippen LogP) is 2.79. The average Bonchev–Trinajstić information content (AvgIpc) is 3.06. The molecule has 0 bridgehead atoms. The number of hydrogen-bond acceptors (Lipinski definition) is 6. The minimum atomic E-state index is -0.245. The summed E-state index contributed by atoms with van der Waals surface area (Å²) in [5, 5.41) is 7.52. The van der Waals surface area contributed by atoms with Crippen molar-refractivity contribution >= 4 is 23.2 Å². The standard InChI is InChI=1S/C19H25ClN4O3/c1-13-10-16(22-27-13)12-23-6-8-24(9-7-23)14(2)19(25)21-17-11-15(20)4-5-18(17)26-3/h4-5,10-11,14H,6-9,12H2,1-3H3,(H,21,25)/t14-/m1/s1. The second kappa shape index (κ2) is 8.73. The number of carbonyl (C=O) groups excluding carboxylic acids is 1. The number of halogens is 1. The van der Waals surface area contributed by atoms with Gasteiger partial charge in [-0.2, -0.15) is 0 Å². The molecule has 3 rings (SSSR count). The Kier molecular flexibility index (Phi) is 6.36. The third kappa shape index (κ3) is 5.00. The number of ether oxygens (including phenoxy) is 1. The molecular formula is C19H25ClN4O3. The predicted molar refractivity (Wildman–Crippen MR) is 104 cm³/mol. The normalized spacial score (nSPS) is 16.9. The highest BCUT2D eigenvalue weighted by molar-refractivity contribution is 6.31. The van der Waals surface area contributed by atoms with Crippen molar-refractivity contribution in [1.82, 2.24) is 15.0 Å². The van der Waals surface area contributed by atoms with Crippen LogP contribution < -0.4 is 10.1 Å². The van der Waals surface area contributed by atoms with Crippen molar-refractivity contribution in [3.63, 3.8) is 0 Å².